The number of hydrogen-bond donors (Lipinski definition) is 2. The van der Waals surface area contributed by atoms with Gasteiger partial charge in [0, 0.05) is 24.1 Å². The van der Waals surface area contributed by atoms with E-state index >= 15 is 0 Å². The van der Waals surface area contributed by atoms with Gasteiger partial charge >= 0.3 is 0 Å². The standard InChI is InChI=1S/C12H21BrN2O3S2/c1-4-18-7-10(8(2)3)15-20(16,17)11-5-9(6-14)19-12(11)13/h5,8,10,15H,4,6-7,14H2,1-3H3. The summed E-state index contributed by atoms with van der Waals surface area (Å²) < 4.78 is 33.5. The van der Waals surface area contributed by atoms with Gasteiger partial charge in [-0.25, -0.2) is 13.1 Å². The van der Waals surface area contributed by atoms with E-state index in [0.717, 1.165) is 4.88 Å². The molecule has 1 aromatic heterocycles. The molecule has 0 aliphatic heterocycles. The molecule has 116 valence electrons. The molecule has 0 spiro atoms. The van der Waals surface area contributed by atoms with Crippen LogP contribution >= 0.6 is 27.3 Å². The molecule has 0 amide bonds. The third-order valence-corrected chi connectivity index (χ3v) is 6.57. The largest absolute Gasteiger partial charge is 0.380 e. The molecule has 0 fully saturated rings. The first-order valence-electron chi connectivity index (χ1n) is 6.40. The van der Waals surface area contributed by atoms with Crippen molar-refractivity contribution in [2.24, 2.45) is 11.7 Å². The molecule has 1 atom stereocenters. The number of halogens is 1. The van der Waals surface area contributed by atoms with Crippen molar-refractivity contribution in [3.63, 3.8) is 0 Å². The van der Waals surface area contributed by atoms with Crippen molar-refractivity contribution in [1.82, 2.24) is 4.72 Å². The van der Waals surface area contributed by atoms with E-state index in [2.05, 4.69) is 20.7 Å². The quantitative estimate of drug-likeness (QED) is 0.720. The molecule has 0 bridgehead atoms. The van der Waals surface area contributed by atoms with E-state index < -0.39 is 10.0 Å². The van der Waals surface area contributed by atoms with E-state index in [1.54, 1.807) is 6.07 Å². The Morgan fingerprint density at radius 3 is 2.60 bits per heavy atom. The summed E-state index contributed by atoms with van der Waals surface area (Å²) in [6, 6.07) is 1.35. The molecule has 20 heavy (non-hydrogen) atoms. The average molecular weight is 385 g/mol. The van der Waals surface area contributed by atoms with Crippen molar-refractivity contribution in [2.75, 3.05) is 13.2 Å². The van der Waals surface area contributed by atoms with E-state index in [4.69, 9.17) is 10.5 Å². The van der Waals surface area contributed by atoms with Gasteiger partial charge in [0.2, 0.25) is 10.0 Å². The van der Waals surface area contributed by atoms with Crippen LogP contribution < -0.4 is 10.5 Å². The second-order valence-corrected chi connectivity index (χ2v) is 8.82. The lowest BCUT2D eigenvalue weighted by atomic mass is 10.1. The molecule has 1 unspecified atom stereocenters. The molecule has 0 aliphatic rings. The fourth-order valence-corrected chi connectivity index (χ4v) is 5.48. The Labute approximate surface area is 133 Å². The maximum atomic E-state index is 12.4. The summed E-state index contributed by atoms with van der Waals surface area (Å²) in [5.41, 5.74) is 5.54. The van der Waals surface area contributed by atoms with E-state index in [0.29, 0.717) is 23.5 Å². The van der Waals surface area contributed by atoms with E-state index in [1.165, 1.54) is 11.3 Å². The molecule has 0 aromatic carbocycles. The summed E-state index contributed by atoms with van der Waals surface area (Å²) in [5.74, 6) is 0.141. The number of nitrogens with one attached hydrogen (secondary N) is 1. The van der Waals surface area contributed by atoms with Gasteiger partial charge in [-0.1, -0.05) is 13.8 Å². The monoisotopic (exact) mass is 384 g/mol. The lowest BCUT2D eigenvalue weighted by molar-refractivity contribution is 0.116. The van der Waals surface area contributed by atoms with Gasteiger partial charge in [-0.2, -0.15) is 0 Å². The van der Waals surface area contributed by atoms with Gasteiger partial charge in [-0.3, -0.25) is 0 Å². The Morgan fingerprint density at radius 2 is 2.15 bits per heavy atom. The molecule has 0 saturated carbocycles. The summed E-state index contributed by atoms with van der Waals surface area (Å²) in [6.45, 7) is 7.05. The minimum Gasteiger partial charge on any atom is -0.380 e. The summed E-state index contributed by atoms with van der Waals surface area (Å²) in [5, 5.41) is 0. The van der Waals surface area contributed by atoms with Crippen molar-refractivity contribution in [1.29, 1.82) is 0 Å². The highest BCUT2D eigenvalue weighted by molar-refractivity contribution is 9.11. The molecule has 1 heterocycles. The first kappa shape index (κ1) is 18.1. The van der Waals surface area contributed by atoms with Gasteiger partial charge in [0.15, 0.2) is 0 Å². The third kappa shape index (κ3) is 4.78. The number of ether oxygens (including phenoxy) is 1. The Morgan fingerprint density at radius 1 is 1.50 bits per heavy atom. The molecule has 0 saturated heterocycles. The van der Waals surface area contributed by atoms with Crippen molar-refractivity contribution >= 4 is 37.3 Å². The predicted molar refractivity (Wildman–Crippen MR) is 85.4 cm³/mol. The van der Waals surface area contributed by atoms with Gasteiger partial charge < -0.3 is 10.5 Å². The Bertz CT molecular complexity index is 529. The van der Waals surface area contributed by atoms with Gasteiger partial charge in [0.1, 0.15) is 4.90 Å². The van der Waals surface area contributed by atoms with Crippen LogP contribution in [0.3, 0.4) is 0 Å². The molecule has 3 N–H and O–H groups in total. The zero-order valence-electron chi connectivity index (χ0n) is 11.8. The third-order valence-electron chi connectivity index (χ3n) is 2.81. The maximum absolute atomic E-state index is 12.4. The van der Waals surface area contributed by atoms with Crippen LogP contribution in [0.2, 0.25) is 0 Å². The highest BCUT2D eigenvalue weighted by Crippen LogP contribution is 2.31. The summed E-state index contributed by atoms with van der Waals surface area (Å²) in [6.07, 6.45) is 0. The molecule has 5 nitrogen and oxygen atoms in total. The fourth-order valence-electron chi connectivity index (χ4n) is 1.55. The lowest BCUT2D eigenvalue weighted by Crippen LogP contribution is -2.41. The molecule has 8 heteroatoms. The smallest absolute Gasteiger partial charge is 0.242 e. The minimum absolute atomic E-state index is 0.141. The van der Waals surface area contributed by atoms with Crippen LogP contribution in [0.4, 0.5) is 0 Å². The van der Waals surface area contributed by atoms with Gasteiger partial charge in [0.05, 0.1) is 10.4 Å². The zero-order valence-corrected chi connectivity index (χ0v) is 15.1. The number of hydrogen-bond acceptors (Lipinski definition) is 5. The van der Waals surface area contributed by atoms with Crippen molar-refractivity contribution in [3.05, 3.63) is 14.7 Å². The van der Waals surface area contributed by atoms with Crippen LogP contribution in [0, 0.1) is 5.92 Å². The highest BCUT2D eigenvalue weighted by atomic mass is 79.9. The Balaban J connectivity index is 2.94. The van der Waals surface area contributed by atoms with Gasteiger partial charge in [0.25, 0.3) is 0 Å². The van der Waals surface area contributed by atoms with E-state index in [1.807, 2.05) is 20.8 Å². The van der Waals surface area contributed by atoms with Gasteiger partial charge in [-0.15, -0.1) is 11.3 Å². The first-order chi connectivity index (χ1) is 9.31. The predicted octanol–water partition coefficient (Wildman–Crippen LogP) is 2.31. The first-order valence-corrected chi connectivity index (χ1v) is 9.49. The number of rotatable bonds is 8. The average Bonchev–Trinajstić information content (AvgIpc) is 2.76. The molecule has 0 radical (unpaired) electrons. The number of nitrogens with two attached hydrogens (primary N) is 1. The Hall–Kier alpha value is 0.01000. The van der Waals surface area contributed by atoms with Crippen molar-refractivity contribution in [2.45, 2.75) is 38.3 Å². The molecular weight excluding hydrogens is 364 g/mol. The zero-order chi connectivity index (χ0) is 15.3. The van der Waals surface area contributed by atoms with Crippen LogP contribution in [0.5, 0.6) is 0 Å². The summed E-state index contributed by atoms with van der Waals surface area (Å²) in [4.78, 5) is 1.06. The minimum atomic E-state index is -3.58. The number of sulfonamides is 1. The van der Waals surface area contributed by atoms with Crippen molar-refractivity contribution in [3.8, 4) is 0 Å². The van der Waals surface area contributed by atoms with E-state index in [9.17, 15) is 8.42 Å². The topological polar surface area (TPSA) is 81.4 Å². The maximum Gasteiger partial charge on any atom is 0.242 e. The van der Waals surface area contributed by atoms with Crippen LogP contribution in [0.1, 0.15) is 25.6 Å². The van der Waals surface area contributed by atoms with Crippen LogP contribution in [-0.4, -0.2) is 27.7 Å². The molecule has 1 aromatic rings. The SMILES string of the molecule is CCOCC(NS(=O)(=O)c1cc(CN)sc1Br)C(C)C. The molecular formula is C12H21BrN2O3S2. The molecule has 1 rings (SSSR count). The van der Waals surface area contributed by atoms with Crippen molar-refractivity contribution < 1.29 is 13.2 Å². The molecule has 0 aliphatic carbocycles. The highest BCUT2D eigenvalue weighted by Gasteiger charge is 2.26. The lowest BCUT2D eigenvalue weighted by Gasteiger charge is -2.21. The summed E-state index contributed by atoms with van der Waals surface area (Å²) >= 11 is 4.62. The van der Waals surface area contributed by atoms with Crippen LogP contribution in [-0.2, 0) is 21.3 Å². The van der Waals surface area contributed by atoms with Crippen LogP contribution in [0.25, 0.3) is 0 Å². The number of thiophene rings is 1. The summed E-state index contributed by atoms with van der Waals surface area (Å²) in [7, 11) is -3.58. The fraction of sp³-hybridized carbons (Fsp3) is 0.667. The normalized spacial score (nSPS) is 13.9. The Kier molecular flexibility index (Phi) is 7.10. The second-order valence-electron chi connectivity index (χ2n) is 4.69. The second kappa shape index (κ2) is 7.86. The van der Waals surface area contributed by atoms with Gasteiger partial charge in [-0.05, 0) is 34.8 Å². The van der Waals surface area contributed by atoms with E-state index in [-0.39, 0.29) is 16.9 Å². The van der Waals surface area contributed by atoms with Crippen LogP contribution in [0.15, 0.2) is 14.7 Å².